The van der Waals surface area contributed by atoms with Crippen LogP contribution in [0.3, 0.4) is 0 Å². The second kappa shape index (κ2) is 13.0. The van der Waals surface area contributed by atoms with E-state index in [4.69, 9.17) is 15.4 Å². The smallest absolute Gasteiger partial charge is 0.215 e. The Hall–Kier alpha value is -8.91. The standard InChI is InChI=1S/C56H29FN4O2/c1-59-43-28-36(31-58)53(60-44-26-24-39-37-16-8-10-18-48(37)62-55(39)50(44)41-22-20-34(29-46(41)60)32-12-4-2-5-13-32)52(57)54(43)61-45-27-25-40-38-17-9-11-19-49(38)63-56(40)51(45)42-23-21-35(30-47(42)61)33-14-6-3-7-15-33/h2-30H. The molecular weight excluding hydrogens is 780 g/mol. The van der Waals surface area contributed by atoms with Gasteiger partial charge in [0, 0.05) is 32.3 Å². The minimum absolute atomic E-state index is 0.00633. The highest BCUT2D eigenvalue weighted by Crippen LogP contribution is 2.47. The van der Waals surface area contributed by atoms with E-state index >= 15 is 4.39 Å². The summed E-state index contributed by atoms with van der Waals surface area (Å²) >= 11 is 0. The average molecular weight is 809 g/mol. The van der Waals surface area contributed by atoms with E-state index in [1.807, 2.05) is 149 Å². The van der Waals surface area contributed by atoms with Gasteiger partial charge in [-0.25, -0.2) is 9.24 Å². The fraction of sp³-hybridized carbons (Fsp3) is 0. The van der Waals surface area contributed by atoms with Gasteiger partial charge < -0.3 is 18.0 Å². The molecule has 7 heteroatoms. The van der Waals surface area contributed by atoms with Crippen molar-refractivity contribution in [3.8, 4) is 39.7 Å². The lowest BCUT2D eigenvalue weighted by atomic mass is 10.0. The zero-order valence-electron chi connectivity index (χ0n) is 33.2. The molecule has 6 nitrogen and oxygen atoms in total. The monoisotopic (exact) mass is 808 g/mol. The third-order valence-electron chi connectivity index (χ3n) is 12.6. The molecule has 0 N–H and O–H groups in total. The van der Waals surface area contributed by atoms with Crippen LogP contribution in [0.5, 0.6) is 0 Å². The number of nitrogens with zero attached hydrogens (tertiary/aromatic N) is 4. The quantitative estimate of drug-likeness (QED) is 0.166. The maximum atomic E-state index is 18.8. The summed E-state index contributed by atoms with van der Waals surface area (Å²) in [5.41, 5.74) is 9.50. The maximum absolute atomic E-state index is 18.8. The summed E-state index contributed by atoms with van der Waals surface area (Å²) in [6.07, 6.45) is 0. The number of nitriles is 1. The van der Waals surface area contributed by atoms with Gasteiger partial charge in [0.2, 0.25) is 5.69 Å². The number of rotatable bonds is 4. The summed E-state index contributed by atoms with van der Waals surface area (Å²) in [6.45, 7) is 8.52. The van der Waals surface area contributed by atoms with Crippen molar-refractivity contribution in [3.63, 3.8) is 0 Å². The van der Waals surface area contributed by atoms with Crippen molar-refractivity contribution in [2.75, 3.05) is 0 Å². The summed E-state index contributed by atoms with van der Waals surface area (Å²) in [6, 6.07) is 60.1. The van der Waals surface area contributed by atoms with E-state index in [0.29, 0.717) is 33.2 Å². The second-order valence-corrected chi connectivity index (χ2v) is 15.9. The van der Waals surface area contributed by atoms with Gasteiger partial charge in [-0.05, 0) is 76.9 Å². The predicted octanol–water partition coefficient (Wildman–Crippen LogP) is 15.6. The minimum atomic E-state index is -0.706. The number of furan rings is 2. The number of aromatic nitrogens is 2. The molecular formula is C56H29FN4O2. The number of benzene rings is 9. The molecule has 0 aliphatic carbocycles. The van der Waals surface area contributed by atoms with E-state index in [-0.39, 0.29) is 22.6 Å². The Balaban J connectivity index is 1.19. The van der Waals surface area contributed by atoms with E-state index in [9.17, 15) is 5.26 Å². The molecule has 63 heavy (non-hydrogen) atoms. The topological polar surface area (TPSA) is 64.3 Å². The van der Waals surface area contributed by atoms with Crippen molar-refractivity contribution in [3.05, 3.63) is 199 Å². The highest BCUT2D eigenvalue weighted by Gasteiger charge is 2.29. The van der Waals surface area contributed by atoms with Crippen LogP contribution in [0.1, 0.15) is 5.56 Å². The van der Waals surface area contributed by atoms with E-state index < -0.39 is 5.82 Å². The fourth-order valence-electron chi connectivity index (χ4n) is 9.89. The molecule has 0 saturated heterocycles. The van der Waals surface area contributed by atoms with Crippen LogP contribution in [0.25, 0.3) is 126 Å². The normalized spacial score (nSPS) is 11.9. The lowest BCUT2D eigenvalue weighted by molar-refractivity contribution is 0.614. The SMILES string of the molecule is [C-]#[N+]c1cc(C#N)c(-n2c3cc(-c4ccccc4)ccc3c3c4oc5ccccc5c4ccc32)c(F)c1-n1c2cc(-c3ccccc3)ccc2c2c3oc4ccccc4c3ccc21. The van der Waals surface area contributed by atoms with E-state index in [0.717, 1.165) is 76.5 Å². The molecule has 13 aromatic rings. The molecule has 0 amide bonds. The van der Waals surface area contributed by atoms with Crippen molar-refractivity contribution in [1.29, 1.82) is 5.26 Å². The first-order chi connectivity index (χ1) is 31.1. The van der Waals surface area contributed by atoms with Crippen LogP contribution in [-0.2, 0) is 0 Å². The van der Waals surface area contributed by atoms with Crippen molar-refractivity contribution < 1.29 is 13.2 Å². The number of hydrogen-bond donors (Lipinski definition) is 0. The predicted molar refractivity (Wildman–Crippen MR) is 251 cm³/mol. The van der Waals surface area contributed by atoms with Crippen LogP contribution < -0.4 is 0 Å². The van der Waals surface area contributed by atoms with Crippen molar-refractivity contribution >= 4 is 93.2 Å². The van der Waals surface area contributed by atoms with Gasteiger partial charge in [0.25, 0.3) is 0 Å². The van der Waals surface area contributed by atoms with E-state index in [1.54, 1.807) is 0 Å². The zero-order valence-corrected chi connectivity index (χ0v) is 33.2. The first kappa shape index (κ1) is 34.9. The summed E-state index contributed by atoms with van der Waals surface area (Å²) in [5, 5.41) is 18.1. The summed E-state index contributed by atoms with van der Waals surface area (Å²) in [7, 11) is 0. The molecule has 0 fully saturated rings. The first-order valence-corrected chi connectivity index (χ1v) is 20.6. The molecule has 0 aliphatic heterocycles. The van der Waals surface area contributed by atoms with Crippen LogP contribution in [-0.4, -0.2) is 9.13 Å². The van der Waals surface area contributed by atoms with Gasteiger partial charge in [-0.2, -0.15) is 5.26 Å². The Kier molecular flexibility index (Phi) is 7.23. The largest absolute Gasteiger partial charge is 0.455 e. The first-order valence-electron chi connectivity index (χ1n) is 20.6. The fourth-order valence-corrected chi connectivity index (χ4v) is 9.89. The minimum Gasteiger partial charge on any atom is -0.455 e. The molecule has 4 heterocycles. The molecule has 0 radical (unpaired) electrons. The molecule has 4 aromatic heterocycles. The molecule has 0 saturated carbocycles. The number of para-hydroxylation sites is 2. The van der Waals surface area contributed by atoms with Crippen LogP contribution >= 0.6 is 0 Å². The Labute approximate surface area is 357 Å². The summed E-state index contributed by atoms with van der Waals surface area (Å²) < 4.78 is 35.8. The zero-order chi connectivity index (χ0) is 41.9. The molecule has 0 bridgehead atoms. The average Bonchev–Trinajstić information content (AvgIpc) is 4.09. The summed E-state index contributed by atoms with van der Waals surface area (Å²) in [4.78, 5) is 3.94. The van der Waals surface area contributed by atoms with Gasteiger partial charge in [-0.1, -0.05) is 121 Å². The third-order valence-corrected chi connectivity index (χ3v) is 12.6. The Morgan fingerprint density at radius 3 is 1.41 bits per heavy atom. The molecule has 0 aliphatic rings. The van der Waals surface area contributed by atoms with Crippen LogP contribution in [0, 0.1) is 23.7 Å². The third kappa shape index (κ3) is 4.85. The van der Waals surface area contributed by atoms with Gasteiger partial charge in [0.05, 0.1) is 56.3 Å². The molecule has 13 rings (SSSR count). The summed E-state index contributed by atoms with van der Waals surface area (Å²) in [5.74, 6) is -0.706. The van der Waals surface area contributed by atoms with Crippen LogP contribution in [0.15, 0.2) is 185 Å². The Morgan fingerprint density at radius 2 is 0.921 bits per heavy atom. The molecule has 0 spiro atoms. The highest BCUT2D eigenvalue weighted by molar-refractivity contribution is 6.26. The van der Waals surface area contributed by atoms with E-state index in [2.05, 4.69) is 41.2 Å². The van der Waals surface area contributed by atoms with Gasteiger partial charge in [-0.3, -0.25) is 0 Å². The molecule has 9 aromatic carbocycles. The van der Waals surface area contributed by atoms with Crippen molar-refractivity contribution in [2.24, 2.45) is 0 Å². The number of fused-ring (bicyclic) bond motifs is 14. The lowest BCUT2D eigenvalue weighted by Crippen LogP contribution is -2.07. The molecule has 0 atom stereocenters. The van der Waals surface area contributed by atoms with Gasteiger partial charge in [0.1, 0.15) is 28.4 Å². The Morgan fingerprint density at radius 1 is 0.460 bits per heavy atom. The highest BCUT2D eigenvalue weighted by atomic mass is 19.1. The molecule has 0 unspecified atom stereocenters. The molecule has 292 valence electrons. The van der Waals surface area contributed by atoms with Gasteiger partial charge >= 0.3 is 0 Å². The second-order valence-electron chi connectivity index (χ2n) is 15.9. The van der Waals surface area contributed by atoms with Crippen molar-refractivity contribution in [2.45, 2.75) is 0 Å². The maximum Gasteiger partial charge on any atom is 0.215 e. The van der Waals surface area contributed by atoms with Gasteiger partial charge in [0.15, 0.2) is 5.82 Å². The van der Waals surface area contributed by atoms with Crippen LogP contribution in [0.2, 0.25) is 0 Å². The lowest BCUT2D eigenvalue weighted by Gasteiger charge is -2.18. The van der Waals surface area contributed by atoms with E-state index in [1.165, 1.54) is 6.07 Å². The van der Waals surface area contributed by atoms with Crippen molar-refractivity contribution in [1.82, 2.24) is 9.13 Å². The Bertz CT molecular complexity index is 3910. The number of hydrogen-bond acceptors (Lipinski definition) is 3. The van der Waals surface area contributed by atoms with Gasteiger partial charge in [-0.15, -0.1) is 0 Å². The number of halogens is 1. The van der Waals surface area contributed by atoms with Crippen LogP contribution in [0.4, 0.5) is 10.1 Å².